The number of amides is 1. The molecule has 1 aliphatic heterocycles. The maximum Gasteiger partial charge on any atom is 0.244 e. The molecule has 1 aromatic carbocycles. The fraction of sp³-hybridized carbons (Fsp3) is 0.462. The molecule has 0 bridgehead atoms. The van der Waals surface area contributed by atoms with Gasteiger partial charge >= 0.3 is 0 Å². The molecule has 1 N–H and O–H groups in total. The zero-order valence-corrected chi connectivity index (χ0v) is 10.2. The van der Waals surface area contributed by atoms with Gasteiger partial charge in [0.25, 0.3) is 0 Å². The van der Waals surface area contributed by atoms with Gasteiger partial charge < -0.3 is 10.2 Å². The number of hydrogen-bond acceptors (Lipinski definition) is 2. The van der Waals surface area contributed by atoms with Crippen LogP contribution in [0.25, 0.3) is 0 Å². The number of hydrogen-bond donors (Lipinski definition) is 1. The average Bonchev–Trinajstić information content (AvgIpc) is 2.86. The van der Waals surface area contributed by atoms with E-state index in [9.17, 15) is 13.6 Å². The van der Waals surface area contributed by atoms with E-state index in [0.29, 0.717) is 0 Å². The number of halogens is 2. The van der Waals surface area contributed by atoms with Gasteiger partial charge in [-0.3, -0.25) is 4.79 Å². The fourth-order valence-electron chi connectivity index (χ4n) is 2.13. The highest BCUT2D eigenvalue weighted by atomic mass is 19.1. The molecule has 0 saturated carbocycles. The molecule has 1 fully saturated rings. The number of likely N-dealkylation sites (tertiary alicyclic amines) is 1. The average molecular weight is 254 g/mol. The first-order chi connectivity index (χ1) is 8.59. The Kier molecular flexibility index (Phi) is 3.79. The third-order valence-electron chi connectivity index (χ3n) is 3.11. The molecule has 1 amide bonds. The molecule has 0 aliphatic carbocycles. The largest absolute Gasteiger partial charge is 0.369 e. The molecule has 5 heteroatoms. The lowest BCUT2D eigenvalue weighted by Crippen LogP contribution is -2.39. The van der Waals surface area contributed by atoms with Crippen molar-refractivity contribution < 1.29 is 13.6 Å². The van der Waals surface area contributed by atoms with Crippen molar-refractivity contribution in [3.05, 3.63) is 29.8 Å². The summed E-state index contributed by atoms with van der Waals surface area (Å²) >= 11 is 0. The highest BCUT2D eigenvalue weighted by Gasteiger charge is 2.24. The maximum atomic E-state index is 13.4. The lowest BCUT2D eigenvalue weighted by Gasteiger charge is -2.22. The lowest BCUT2D eigenvalue weighted by atomic mass is 10.2. The molecule has 0 aromatic heterocycles. The standard InChI is InChI=1S/C13H16F2N2O/c1-9(13(18)17-7-2-3-8-17)16-12-10(14)5-4-6-11(12)15/h4-6,9,16H,2-3,7-8H2,1H3. The van der Waals surface area contributed by atoms with Crippen LogP contribution in [0.1, 0.15) is 19.8 Å². The summed E-state index contributed by atoms with van der Waals surface area (Å²) in [7, 11) is 0. The Labute approximate surface area is 105 Å². The Hall–Kier alpha value is -1.65. The molecular formula is C13H16F2N2O. The van der Waals surface area contributed by atoms with Crippen LogP contribution >= 0.6 is 0 Å². The minimum Gasteiger partial charge on any atom is -0.369 e. The Morgan fingerprint density at radius 3 is 2.39 bits per heavy atom. The van der Waals surface area contributed by atoms with E-state index in [-0.39, 0.29) is 11.6 Å². The summed E-state index contributed by atoms with van der Waals surface area (Å²) in [4.78, 5) is 13.7. The zero-order valence-electron chi connectivity index (χ0n) is 10.2. The highest BCUT2D eigenvalue weighted by molar-refractivity contribution is 5.84. The monoisotopic (exact) mass is 254 g/mol. The molecule has 1 saturated heterocycles. The Balaban J connectivity index is 2.06. The minimum atomic E-state index is -0.684. The molecule has 0 spiro atoms. The van der Waals surface area contributed by atoms with Crippen molar-refractivity contribution in [1.29, 1.82) is 0 Å². The van der Waals surface area contributed by atoms with Crippen molar-refractivity contribution in [2.24, 2.45) is 0 Å². The van der Waals surface area contributed by atoms with Gasteiger partial charge in [-0.2, -0.15) is 0 Å². The number of anilines is 1. The first-order valence-electron chi connectivity index (χ1n) is 6.09. The number of carbonyl (C=O) groups excluding carboxylic acids is 1. The van der Waals surface area contributed by atoms with E-state index in [1.54, 1.807) is 11.8 Å². The first kappa shape index (κ1) is 12.8. The van der Waals surface area contributed by atoms with Gasteiger partial charge in [0.05, 0.1) is 0 Å². The van der Waals surface area contributed by atoms with Gasteiger partial charge in [0.15, 0.2) is 0 Å². The van der Waals surface area contributed by atoms with E-state index in [2.05, 4.69) is 5.32 Å². The maximum absolute atomic E-state index is 13.4. The molecule has 1 atom stereocenters. The Morgan fingerprint density at radius 1 is 1.28 bits per heavy atom. The van der Waals surface area contributed by atoms with E-state index in [1.165, 1.54) is 18.2 Å². The van der Waals surface area contributed by atoms with Crippen molar-refractivity contribution >= 4 is 11.6 Å². The van der Waals surface area contributed by atoms with Crippen LogP contribution in [0.3, 0.4) is 0 Å². The molecule has 2 rings (SSSR count). The summed E-state index contributed by atoms with van der Waals surface area (Å²) in [6.45, 7) is 3.07. The van der Waals surface area contributed by atoms with Gasteiger partial charge in [-0.25, -0.2) is 8.78 Å². The SMILES string of the molecule is CC(Nc1c(F)cccc1F)C(=O)N1CCCC1. The third-order valence-corrected chi connectivity index (χ3v) is 3.11. The second kappa shape index (κ2) is 5.33. The van der Waals surface area contributed by atoms with Crippen LogP contribution in [0.5, 0.6) is 0 Å². The molecular weight excluding hydrogens is 238 g/mol. The van der Waals surface area contributed by atoms with Crippen molar-refractivity contribution in [2.45, 2.75) is 25.8 Å². The number of nitrogens with zero attached hydrogens (tertiary/aromatic N) is 1. The van der Waals surface area contributed by atoms with Gasteiger partial charge in [-0.15, -0.1) is 0 Å². The molecule has 18 heavy (non-hydrogen) atoms. The molecule has 1 aromatic rings. The summed E-state index contributed by atoms with van der Waals surface area (Å²) in [6, 6.07) is 2.99. The van der Waals surface area contributed by atoms with Crippen LogP contribution in [0.2, 0.25) is 0 Å². The van der Waals surface area contributed by atoms with E-state index < -0.39 is 17.7 Å². The quantitative estimate of drug-likeness (QED) is 0.898. The van der Waals surface area contributed by atoms with Gasteiger partial charge in [0.1, 0.15) is 23.4 Å². The fourth-order valence-corrected chi connectivity index (χ4v) is 2.13. The second-order valence-electron chi connectivity index (χ2n) is 4.50. The number of nitrogens with one attached hydrogen (secondary N) is 1. The van der Waals surface area contributed by atoms with Crippen LogP contribution in [0.15, 0.2) is 18.2 Å². The lowest BCUT2D eigenvalue weighted by molar-refractivity contribution is -0.130. The smallest absolute Gasteiger partial charge is 0.244 e. The molecule has 1 unspecified atom stereocenters. The predicted octanol–water partition coefficient (Wildman–Crippen LogP) is 2.39. The summed E-state index contributed by atoms with van der Waals surface area (Å²) < 4.78 is 26.8. The third kappa shape index (κ3) is 2.60. The number of carbonyl (C=O) groups is 1. The Bertz CT molecular complexity index is 424. The molecule has 98 valence electrons. The minimum absolute atomic E-state index is 0.116. The van der Waals surface area contributed by atoms with Gasteiger partial charge in [-0.05, 0) is 31.9 Å². The number of rotatable bonds is 3. The second-order valence-corrected chi connectivity index (χ2v) is 4.50. The topological polar surface area (TPSA) is 32.3 Å². The number of para-hydroxylation sites is 1. The van der Waals surface area contributed by atoms with Crippen molar-refractivity contribution in [3.8, 4) is 0 Å². The normalized spacial score (nSPS) is 16.7. The van der Waals surface area contributed by atoms with E-state index in [0.717, 1.165) is 25.9 Å². The van der Waals surface area contributed by atoms with Crippen LogP contribution < -0.4 is 5.32 Å². The summed E-state index contributed by atoms with van der Waals surface area (Å²) in [6.07, 6.45) is 1.99. The van der Waals surface area contributed by atoms with Crippen molar-refractivity contribution in [1.82, 2.24) is 4.90 Å². The van der Waals surface area contributed by atoms with Gasteiger partial charge in [-0.1, -0.05) is 6.07 Å². The van der Waals surface area contributed by atoms with Gasteiger partial charge in [0, 0.05) is 13.1 Å². The predicted molar refractivity (Wildman–Crippen MR) is 65.3 cm³/mol. The molecule has 1 heterocycles. The van der Waals surface area contributed by atoms with E-state index in [1.807, 2.05) is 0 Å². The van der Waals surface area contributed by atoms with Crippen molar-refractivity contribution in [2.75, 3.05) is 18.4 Å². The first-order valence-corrected chi connectivity index (χ1v) is 6.09. The molecule has 3 nitrogen and oxygen atoms in total. The summed E-state index contributed by atoms with van der Waals surface area (Å²) in [5, 5.41) is 2.61. The molecule has 0 radical (unpaired) electrons. The van der Waals surface area contributed by atoms with E-state index >= 15 is 0 Å². The van der Waals surface area contributed by atoms with Crippen LogP contribution in [0, 0.1) is 11.6 Å². The van der Waals surface area contributed by atoms with Gasteiger partial charge in [0.2, 0.25) is 5.91 Å². The van der Waals surface area contributed by atoms with Crippen molar-refractivity contribution in [3.63, 3.8) is 0 Å². The van der Waals surface area contributed by atoms with Crippen LogP contribution in [0.4, 0.5) is 14.5 Å². The molecule has 1 aliphatic rings. The van der Waals surface area contributed by atoms with Crippen LogP contribution in [-0.2, 0) is 4.79 Å². The Morgan fingerprint density at radius 2 is 1.83 bits per heavy atom. The highest BCUT2D eigenvalue weighted by Crippen LogP contribution is 2.20. The van der Waals surface area contributed by atoms with E-state index in [4.69, 9.17) is 0 Å². The zero-order chi connectivity index (χ0) is 13.1. The van der Waals surface area contributed by atoms with Crippen LogP contribution in [-0.4, -0.2) is 29.9 Å². The summed E-state index contributed by atoms with van der Waals surface area (Å²) in [5.41, 5.74) is -0.238. The summed E-state index contributed by atoms with van der Waals surface area (Å²) in [5.74, 6) is -1.48. The number of benzene rings is 1.